The van der Waals surface area contributed by atoms with Gasteiger partial charge in [-0.3, -0.25) is 4.79 Å². The number of benzene rings is 2. The number of rotatable bonds is 7. The summed E-state index contributed by atoms with van der Waals surface area (Å²) in [6.45, 7) is 4.16. The predicted molar refractivity (Wildman–Crippen MR) is 117 cm³/mol. The van der Waals surface area contributed by atoms with E-state index < -0.39 is 5.54 Å². The number of halogens is 1. The van der Waals surface area contributed by atoms with Gasteiger partial charge in [0.15, 0.2) is 0 Å². The van der Waals surface area contributed by atoms with Crippen LogP contribution in [-0.4, -0.2) is 17.5 Å². The molecule has 1 unspecified atom stereocenters. The Hall–Kier alpha value is -2.20. The van der Waals surface area contributed by atoms with Crippen LogP contribution in [0.4, 0.5) is 0 Å². The number of amides is 1. The van der Waals surface area contributed by atoms with Crippen LogP contribution < -0.4 is 10.0 Å². The van der Waals surface area contributed by atoms with Gasteiger partial charge in [-0.2, -0.15) is 5.26 Å². The maximum Gasteiger partial charge on any atom is 0.239 e. The lowest BCUT2D eigenvalue weighted by Gasteiger charge is -2.21. The lowest BCUT2D eigenvalue weighted by Crippen LogP contribution is -2.47. The van der Waals surface area contributed by atoms with Gasteiger partial charge in [-0.15, -0.1) is 0 Å². The third-order valence-corrected chi connectivity index (χ3v) is 6.20. The van der Waals surface area contributed by atoms with E-state index in [2.05, 4.69) is 36.0 Å². The van der Waals surface area contributed by atoms with E-state index in [0.717, 1.165) is 39.7 Å². The fourth-order valence-electron chi connectivity index (χ4n) is 3.33. The van der Waals surface area contributed by atoms with Crippen molar-refractivity contribution in [3.63, 3.8) is 0 Å². The van der Waals surface area contributed by atoms with Gasteiger partial charge >= 0.3 is 0 Å². The first-order valence-electron chi connectivity index (χ1n) is 9.66. The molecule has 1 aromatic heterocycles. The lowest BCUT2D eigenvalue weighted by atomic mass is 10.0. The Morgan fingerprint density at radius 2 is 2.03 bits per heavy atom. The Labute approximate surface area is 178 Å². The van der Waals surface area contributed by atoms with Crippen LogP contribution in [0.15, 0.2) is 45.7 Å². The molecule has 1 amide bonds. The van der Waals surface area contributed by atoms with Crippen molar-refractivity contribution in [2.45, 2.75) is 49.6 Å². The molecule has 2 N–H and O–H groups in total. The highest BCUT2D eigenvalue weighted by Gasteiger charge is 2.45. The van der Waals surface area contributed by atoms with E-state index in [1.54, 1.807) is 0 Å². The number of hydrogen-bond acceptors (Lipinski definition) is 5. The van der Waals surface area contributed by atoms with Crippen LogP contribution in [0.5, 0.6) is 0 Å². The van der Waals surface area contributed by atoms with Gasteiger partial charge in [-0.05, 0) is 67.5 Å². The van der Waals surface area contributed by atoms with Crippen LogP contribution in [-0.2, 0) is 4.79 Å². The number of carbonyl (C=O) groups excluding carboxylic acids is 1. The van der Waals surface area contributed by atoms with E-state index in [1.807, 2.05) is 30.3 Å². The third-order valence-electron chi connectivity index (χ3n) is 5.07. The summed E-state index contributed by atoms with van der Waals surface area (Å²) < 4.78 is 9.17. The fraction of sp³-hybridized carbons (Fsp3) is 0.364. The average Bonchev–Trinajstić information content (AvgIpc) is 3.37. The molecular formula is C22H22ClN3O2S. The second-order valence-electron chi connectivity index (χ2n) is 7.99. The van der Waals surface area contributed by atoms with Gasteiger partial charge in [0.2, 0.25) is 5.91 Å². The molecule has 0 aliphatic heterocycles. The SMILES string of the molecule is CC(C)CC(NSc1ccc2oc3cc(Cl)ccc3c2c1)C(=O)NC1(C#N)CC1. The van der Waals surface area contributed by atoms with Crippen molar-refractivity contribution >= 4 is 51.4 Å². The summed E-state index contributed by atoms with van der Waals surface area (Å²) in [6.07, 6.45) is 2.14. The second-order valence-corrected chi connectivity index (χ2v) is 9.33. The first kappa shape index (κ1) is 20.1. The van der Waals surface area contributed by atoms with Crippen LogP contribution in [0.25, 0.3) is 21.9 Å². The van der Waals surface area contributed by atoms with Gasteiger partial charge in [-0.1, -0.05) is 25.4 Å². The van der Waals surface area contributed by atoms with Crippen LogP contribution in [0.1, 0.15) is 33.1 Å². The first-order valence-corrected chi connectivity index (χ1v) is 10.9. The van der Waals surface area contributed by atoms with Crippen molar-refractivity contribution in [1.29, 1.82) is 5.26 Å². The number of fused-ring (bicyclic) bond motifs is 3. The van der Waals surface area contributed by atoms with E-state index in [-0.39, 0.29) is 11.9 Å². The quantitative estimate of drug-likeness (QED) is 0.492. The molecule has 3 aromatic rings. The van der Waals surface area contributed by atoms with Crippen molar-refractivity contribution < 1.29 is 9.21 Å². The summed E-state index contributed by atoms with van der Waals surface area (Å²) in [5.41, 5.74) is 0.896. The molecular weight excluding hydrogens is 406 g/mol. The fourth-order valence-corrected chi connectivity index (χ4v) is 4.28. The summed E-state index contributed by atoms with van der Waals surface area (Å²) in [5.74, 6) is 0.232. The zero-order valence-corrected chi connectivity index (χ0v) is 17.9. The standard InChI is InChI=1S/C22H22ClN3O2S/c1-13(2)9-18(21(27)25-22(12-24)7-8-22)26-29-15-4-6-19-17(11-15)16-5-3-14(23)10-20(16)28-19/h3-6,10-11,13,18,26H,7-9H2,1-2H3,(H,25,27). The molecule has 0 radical (unpaired) electrons. The molecule has 150 valence electrons. The van der Waals surface area contributed by atoms with E-state index in [0.29, 0.717) is 17.4 Å². The van der Waals surface area contributed by atoms with Gasteiger partial charge in [0.25, 0.3) is 0 Å². The number of furan rings is 1. The zero-order valence-electron chi connectivity index (χ0n) is 16.3. The van der Waals surface area contributed by atoms with Gasteiger partial charge < -0.3 is 9.73 Å². The van der Waals surface area contributed by atoms with Crippen molar-refractivity contribution in [2.75, 3.05) is 0 Å². The normalized spacial score (nSPS) is 16.1. The van der Waals surface area contributed by atoms with Gasteiger partial charge in [0.1, 0.15) is 16.7 Å². The minimum absolute atomic E-state index is 0.116. The van der Waals surface area contributed by atoms with E-state index in [4.69, 9.17) is 16.0 Å². The molecule has 1 atom stereocenters. The molecule has 7 heteroatoms. The topological polar surface area (TPSA) is 78.1 Å². The van der Waals surface area contributed by atoms with Crippen molar-refractivity contribution in [3.8, 4) is 6.07 Å². The Morgan fingerprint density at radius 3 is 2.72 bits per heavy atom. The molecule has 1 fully saturated rings. The molecule has 1 aliphatic carbocycles. The molecule has 0 spiro atoms. The Bertz CT molecular complexity index is 1110. The lowest BCUT2D eigenvalue weighted by molar-refractivity contribution is -0.123. The van der Waals surface area contributed by atoms with Crippen LogP contribution >= 0.6 is 23.5 Å². The summed E-state index contributed by atoms with van der Waals surface area (Å²) in [6, 6.07) is 13.4. The molecule has 29 heavy (non-hydrogen) atoms. The minimum atomic E-state index is -0.658. The maximum absolute atomic E-state index is 12.7. The maximum atomic E-state index is 12.7. The smallest absolute Gasteiger partial charge is 0.239 e. The Kier molecular flexibility index (Phi) is 5.48. The van der Waals surface area contributed by atoms with Crippen molar-refractivity contribution in [1.82, 2.24) is 10.0 Å². The van der Waals surface area contributed by atoms with Crippen LogP contribution in [0.2, 0.25) is 5.02 Å². The molecule has 1 saturated carbocycles. The molecule has 0 bridgehead atoms. The highest BCUT2D eigenvalue weighted by Crippen LogP contribution is 2.35. The molecule has 5 nitrogen and oxygen atoms in total. The molecule has 4 rings (SSSR count). The Balaban J connectivity index is 1.52. The predicted octanol–water partition coefficient (Wildman–Crippen LogP) is 5.42. The molecule has 1 heterocycles. The number of nitrogens with one attached hydrogen (secondary N) is 2. The highest BCUT2D eigenvalue weighted by atomic mass is 35.5. The monoisotopic (exact) mass is 427 g/mol. The second kappa shape index (κ2) is 7.91. The minimum Gasteiger partial charge on any atom is -0.456 e. The first-order chi connectivity index (χ1) is 13.9. The number of nitrogens with zero attached hydrogens (tertiary/aromatic N) is 1. The van der Waals surface area contributed by atoms with Crippen molar-refractivity contribution in [2.24, 2.45) is 5.92 Å². The highest BCUT2D eigenvalue weighted by molar-refractivity contribution is 7.97. The van der Waals surface area contributed by atoms with E-state index in [9.17, 15) is 10.1 Å². The van der Waals surface area contributed by atoms with E-state index >= 15 is 0 Å². The number of hydrogen-bond donors (Lipinski definition) is 2. The van der Waals surface area contributed by atoms with Gasteiger partial charge in [0, 0.05) is 26.8 Å². The van der Waals surface area contributed by atoms with Crippen LogP contribution in [0, 0.1) is 17.2 Å². The third kappa shape index (κ3) is 4.37. The zero-order chi connectivity index (χ0) is 20.6. The molecule has 0 saturated heterocycles. The van der Waals surface area contributed by atoms with Gasteiger partial charge in [0.05, 0.1) is 12.1 Å². The Morgan fingerprint density at radius 1 is 1.24 bits per heavy atom. The van der Waals surface area contributed by atoms with E-state index in [1.165, 1.54) is 11.9 Å². The summed E-state index contributed by atoms with van der Waals surface area (Å²) in [4.78, 5) is 13.7. The largest absolute Gasteiger partial charge is 0.456 e. The van der Waals surface area contributed by atoms with Gasteiger partial charge in [-0.25, -0.2) is 4.72 Å². The van der Waals surface area contributed by atoms with Crippen molar-refractivity contribution in [3.05, 3.63) is 41.4 Å². The summed E-state index contributed by atoms with van der Waals surface area (Å²) in [5, 5.41) is 14.8. The number of nitriles is 1. The van der Waals surface area contributed by atoms with Crippen LogP contribution in [0.3, 0.4) is 0 Å². The molecule has 1 aliphatic rings. The summed E-state index contributed by atoms with van der Waals surface area (Å²) >= 11 is 7.48. The average molecular weight is 428 g/mol. The summed E-state index contributed by atoms with van der Waals surface area (Å²) in [7, 11) is 0. The number of carbonyl (C=O) groups is 1. The molecule has 2 aromatic carbocycles.